The average Bonchev–Trinajstić information content (AvgIpc) is 2.39. The van der Waals surface area contributed by atoms with Gasteiger partial charge in [-0.05, 0) is 25.2 Å². The Labute approximate surface area is 107 Å². The lowest BCUT2D eigenvalue weighted by Gasteiger charge is -2.22. The number of nitrogens with one attached hydrogen (secondary N) is 1. The van der Waals surface area contributed by atoms with Gasteiger partial charge in [-0.25, -0.2) is 0 Å². The van der Waals surface area contributed by atoms with Crippen LogP contribution in [0.5, 0.6) is 0 Å². The summed E-state index contributed by atoms with van der Waals surface area (Å²) in [4.78, 5) is 12.0. The van der Waals surface area contributed by atoms with E-state index < -0.39 is 0 Å². The maximum atomic E-state index is 12.0. The molecule has 0 aliphatic heterocycles. The van der Waals surface area contributed by atoms with E-state index in [1.165, 1.54) is 44.9 Å². The van der Waals surface area contributed by atoms with Gasteiger partial charge < -0.3 is 5.32 Å². The van der Waals surface area contributed by atoms with Crippen LogP contribution in [0.25, 0.3) is 0 Å². The fourth-order valence-electron chi connectivity index (χ4n) is 2.70. The number of hydrogen-bond donors (Lipinski definition) is 1. The molecule has 0 radical (unpaired) electrons. The zero-order chi connectivity index (χ0) is 12.5. The first kappa shape index (κ1) is 14.5. The van der Waals surface area contributed by atoms with Gasteiger partial charge in [-0.1, -0.05) is 52.4 Å². The smallest absolute Gasteiger partial charge is 0.223 e. The third-order valence-corrected chi connectivity index (χ3v) is 4.08. The molecule has 1 N–H and O–H groups in total. The third-order valence-electron chi connectivity index (χ3n) is 4.08. The number of carbonyl (C=O) groups is 1. The van der Waals surface area contributed by atoms with Gasteiger partial charge >= 0.3 is 0 Å². The van der Waals surface area contributed by atoms with Crippen LogP contribution in [0.15, 0.2) is 0 Å². The second-order valence-corrected chi connectivity index (χ2v) is 5.50. The van der Waals surface area contributed by atoms with E-state index in [9.17, 15) is 4.79 Å². The number of carbonyl (C=O) groups excluding carboxylic acids is 1. The zero-order valence-corrected chi connectivity index (χ0v) is 11.6. The Balaban J connectivity index is 2.20. The van der Waals surface area contributed by atoms with Gasteiger partial charge in [0.05, 0.1) is 0 Å². The molecule has 1 unspecified atom stereocenters. The molecule has 2 heteroatoms. The molecule has 0 spiro atoms. The van der Waals surface area contributed by atoms with E-state index in [4.69, 9.17) is 0 Å². The summed E-state index contributed by atoms with van der Waals surface area (Å²) in [6, 6.07) is 0. The molecule has 1 fully saturated rings. The highest BCUT2D eigenvalue weighted by Gasteiger charge is 2.21. The summed E-state index contributed by atoms with van der Waals surface area (Å²) in [6.45, 7) is 5.35. The molecule has 1 aliphatic rings. The van der Waals surface area contributed by atoms with E-state index in [0.717, 1.165) is 19.4 Å². The largest absolute Gasteiger partial charge is 0.356 e. The van der Waals surface area contributed by atoms with Crippen molar-refractivity contribution in [2.24, 2.45) is 11.8 Å². The normalized spacial score (nSPS) is 18.9. The van der Waals surface area contributed by atoms with Gasteiger partial charge in [0.25, 0.3) is 0 Å². The number of unbranched alkanes of at least 4 members (excludes halogenated alkanes) is 1. The van der Waals surface area contributed by atoms with Gasteiger partial charge in [-0.3, -0.25) is 4.79 Å². The monoisotopic (exact) mass is 239 g/mol. The van der Waals surface area contributed by atoms with Crippen molar-refractivity contribution < 1.29 is 4.79 Å². The predicted octanol–water partition coefficient (Wildman–Crippen LogP) is 3.90. The highest BCUT2D eigenvalue weighted by atomic mass is 16.1. The molecular weight excluding hydrogens is 210 g/mol. The molecule has 0 bridgehead atoms. The average molecular weight is 239 g/mol. The summed E-state index contributed by atoms with van der Waals surface area (Å²) in [5.41, 5.74) is 0. The summed E-state index contributed by atoms with van der Waals surface area (Å²) in [5.74, 6) is 1.31. The minimum atomic E-state index is 0.312. The lowest BCUT2D eigenvalue weighted by molar-refractivity contribution is -0.126. The first-order valence-corrected chi connectivity index (χ1v) is 7.55. The van der Waals surface area contributed by atoms with Crippen molar-refractivity contribution in [2.45, 2.75) is 71.6 Å². The number of hydrogen-bond acceptors (Lipinski definition) is 1. The van der Waals surface area contributed by atoms with Crippen LogP contribution >= 0.6 is 0 Å². The minimum Gasteiger partial charge on any atom is -0.356 e. The summed E-state index contributed by atoms with van der Waals surface area (Å²) in [7, 11) is 0. The first-order chi connectivity index (χ1) is 8.27. The fourth-order valence-corrected chi connectivity index (χ4v) is 2.70. The van der Waals surface area contributed by atoms with Crippen LogP contribution in [0, 0.1) is 11.8 Å². The molecule has 17 heavy (non-hydrogen) atoms. The maximum Gasteiger partial charge on any atom is 0.223 e. The summed E-state index contributed by atoms with van der Waals surface area (Å²) in [6.07, 6.45) is 11.0. The molecule has 2 nitrogen and oxygen atoms in total. The number of amides is 1. The van der Waals surface area contributed by atoms with Crippen LogP contribution < -0.4 is 5.32 Å². The Hall–Kier alpha value is -0.530. The minimum absolute atomic E-state index is 0.312. The van der Waals surface area contributed by atoms with Crippen LogP contribution in [-0.2, 0) is 4.79 Å². The van der Waals surface area contributed by atoms with Gasteiger partial charge in [0.1, 0.15) is 0 Å². The molecular formula is C15H29NO. The van der Waals surface area contributed by atoms with Crippen LogP contribution in [-0.4, -0.2) is 12.5 Å². The van der Waals surface area contributed by atoms with Crippen LogP contribution in [0.4, 0.5) is 0 Å². The topological polar surface area (TPSA) is 29.1 Å². The van der Waals surface area contributed by atoms with Crippen molar-refractivity contribution in [3.8, 4) is 0 Å². The maximum absolute atomic E-state index is 12.0. The van der Waals surface area contributed by atoms with E-state index in [2.05, 4.69) is 19.2 Å². The molecule has 0 heterocycles. The van der Waals surface area contributed by atoms with Gasteiger partial charge in [0, 0.05) is 12.5 Å². The third kappa shape index (κ3) is 5.56. The molecule has 100 valence electrons. The van der Waals surface area contributed by atoms with Crippen molar-refractivity contribution in [3.63, 3.8) is 0 Å². The molecule has 0 aromatic heterocycles. The second-order valence-electron chi connectivity index (χ2n) is 5.50. The molecule has 1 amide bonds. The van der Waals surface area contributed by atoms with Crippen molar-refractivity contribution in [1.82, 2.24) is 5.32 Å². The van der Waals surface area contributed by atoms with Crippen molar-refractivity contribution in [2.75, 3.05) is 6.54 Å². The Bertz CT molecular complexity index is 209. The molecule has 1 aliphatic carbocycles. The fraction of sp³-hybridized carbons (Fsp3) is 0.933. The Kier molecular flexibility index (Phi) is 7.30. The van der Waals surface area contributed by atoms with E-state index >= 15 is 0 Å². The van der Waals surface area contributed by atoms with Gasteiger partial charge in [-0.15, -0.1) is 0 Å². The van der Waals surface area contributed by atoms with E-state index in [-0.39, 0.29) is 0 Å². The Morgan fingerprint density at radius 2 is 1.94 bits per heavy atom. The lowest BCUT2D eigenvalue weighted by atomic mass is 9.88. The van der Waals surface area contributed by atoms with Gasteiger partial charge in [0.15, 0.2) is 0 Å². The van der Waals surface area contributed by atoms with E-state index in [0.29, 0.717) is 17.7 Å². The Morgan fingerprint density at radius 1 is 1.24 bits per heavy atom. The molecule has 0 aromatic carbocycles. The first-order valence-electron chi connectivity index (χ1n) is 7.55. The highest BCUT2D eigenvalue weighted by Crippen LogP contribution is 2.23. The van der Waals surface area contributed by atoms with Crippen LogP contribution in [0.2, 0.25) is 0 Å². The quantitative estimate of drug-likeness (QED) is 0.717. The molecule has 0 saturated heterocycles. The summed E-state index contributed by atoms with van der Waals surface area (Å²) >= 11 is 0. The van der Waals surface area contributed by atoms with Crippen molar-refractivity contribution in [1.29, 1.82) is 0 Å². The standard InChI is InChI=1S/C15H29NO/c1-3-5-9-13(4-2)12-16-15(17)14-10-7-6-8-11-14/h13-14H,3-12H2,1-2H3,(H,16,17). The van der Waals surface area contributed by atoms with Crippen LogP contribution in [0.1, 0.15) is 71.6 Å². The van der Waals surface area contributed by atoms with E-state index in [1.807, 2.05) is 0 Å². The van der Waals surface area contributed by atoms with Crippen molar-refractivity contribution >= 4 is 5.91 Å². The highest BCUT2D eigenvalue weighted by molar-refractivity contribution is 5.78. The van der Waals surface area contributed by atoms with Gasteiger partial charge in [0.2, 0.25) is 5.91 Å². The lowest BCUT2D eigenvalue weighted by Crippen LogP contribution is -2.35. The Morgan fingerprint density at radius 3 is 2.53 bits per heavy atom. The van der Waals surface area contributed by atoms with E-state index in [1.54, 1.807) is 0 Å². The van der Waals surface area contributed by atoms with Gasteiger partial charge in [-0.2, -0.15) is 0 Å². The summed E-state index contributed by atoms with van der Waals surface area (Å²) < 4.78 is 0. The second kappa shape index (κ2) is 8.54. The molecule has 1 saturated carbocycles. The SMILES string of the molecule is CCCCC(CC)CNC(=O)C1CCCCC1. The van der Waals surface area contributed by atoms with Crippen molar-refractivity contribution in [3.05, 3.63) is 0 Å². The predicted molar refractivity (Wildman–Crippen MR) is 72.9 cm³/mol. The zero-order valence-electron chi connectivity index (χ0n) is 11.6. The number of rotatable bonds is 7. The summed E-state index contributed by atoms with van der Waals surface area (Å²) in [5, 5.41) is 3.17. The molecule has 1 rings (SSSR count). The van der Waals surface area contributed by atoms with Crippen LogP contribution in [0.3, 0.4) is 0 Å². The molecule has 0 aromatic rings. The molecule has 1 atom stereocenters.